The van der Waals surface area contributed by atoms with Gasteiger partial charge in [0.1, 0.15) is 5.78 Å². The van der Waals surface area contributed by atoms with Crippen LogP contribution in [0.25, 0.3) is 0 Å². The molecule has 4 aliphatic rings. The maximum atomic E-state index is 12.1. The molecule has 0 heterocycles. The lowest BCUT2D eigenvalue weighted by Crippen LogP contribution is -2.58. The summed E-state index contributed by atoms with van der Waals surface area (Å²) in [5, 5.41) is 31.7. The van der Waals surface area contributed by atoms with Gasteiger partial charge >= 0.3 is 0 Å². The average molecular weight is 435 g/mol. The molecule has 0 aromatic carbocycles. The zero-order chi connectivity index (χ0) is 22.8. The molecule has 0 radical (unpaired) electrons. The summed E-state index contributed by atoms with van der Waals surface area (Å²) >= 11 is 0. The Labute approximate surface area is 189 Å². The Morgan fingerprint density at radius 2 is 1.74 bits per heavy atom. The molecule has 0 amide bonds. The van der Waals surface area contributed by atoms with Crippen molar-refractivity contribution < 1.29 is 20.1 Å². The van der Waals surface area contributed by atoms with Crippen LogP contribution in [0, 0.1) is 46.3 Å². The zero-order valence-electron chi connectivity index (χ0n) is 20.4. The van der Waals surface area contributed by atoms with Crippen LogP contribution in [-0.4, -0.2) is 38.9 Å². The molecule has 4 nitrogen and oxygen atoms in total. The third kappa shape index (κ3) is 3.93. The van der Waals surface area contributed by atoms with Crippen molar-refractivity contribution in [3.63, 3.8) is 0 Å². The van der Waals surface area contributed by atoms with Gasteiger partial charge in [-0.2, -0.15) is 0 Å². The van der Waals surface area contributed by atoms with Crippen LogP contribution in [0.1, 0.15) is 98.8 Å². The van der Waals surface area contributed by atoms with Crippen molar-refractivity contribution >= 4 is 5.78 Å². The third-order valence-electron chi connectivity index (χ3n) is 11.0. The maximum absolute atomic E-state index is 12.1. The zero-order valence-corrected chi connectivity index (χ0v) is 20.4. The lowest BCUT2D eigenvalue weighted by Gasteiger charge is -2.62. The van der Waals surface area contributed by atoms with E-state index in [4.69, 9.17) is 0 Å². The van der Waals surface area contributed by atoms with Gasteiger partial charge in [0, 0.05) is 12.8 Å². The lowest BCUT2D eigenvalue weighted by atomic mass is 9.44. The predicted octanol–water partition coefficient (Wildman–Crippen LogP) is 4.73. The second kappa shape index (κ2) is 8.09. The molecule has 31 heavy (non-hydrogen) atoms. The van der Waals surface area contributed by atoms with Crippen molar-refractivity contribution in [1.29, 1.82) is 0 Å². The number of aliphatic hydroxyl groups excluding tert-OH is 2. The molecule has 178 valence electrons. The fraction of sp³-hybridized carbons (Fsp3) is 0.963. The summed E-state index contributed by atoms with van der Waals surface area (Å²) in [6.45, 7) is 10.6. The Morgan fingerprint density at radius 1 is 1.06 bits per heavy atom. The van der Waals surface area contributed by atoms with Gasteiger partial charge in [-0.1, -0.05) is 20.8 Å². The summed E-state index contributed by atoms with van der Waals surface area (Å²) in [6, 6.07) is 0. The van der Waals surface area contributed by atoms with Crippen LogP contribution in [0.5, 0.6) is 0 Å². The van der Waals surface area contributed by atoms with Crippen molar-refractivity contribution in [2.75, 3.05) is 0 Å². The molecule has 4 aliphatic carbocycles. The Morgan fingerprint density at radius 3 is 2.42 bits per heavy atom. The highest BCUT2D eigenvalue weighted by Gasteiger charge is 2.62. The van der Waals surface area contributed by atoms with E-state index in [0.717, 1.165) is 25.7 Å². The average Bonchev–Trinajstić information content (AvgIpc) is 3.03. The molecule has 0 spiro atoms. The number of Topliss-reactive ketones (excluding diaryl/α,β-unsaturated/α-hetero) is 1. The first-order chi connectivity index (χ1) is 14.4. The van der Waals surface area contributed by atoms with Crippen molar-refractivity contribution in [3.05, 3.63) is 0 Å². The van der Waals surface area contributed by atoms with Crippen molar-refractivity contribution in [2.24, 2.45) is 46.3 Å². The van der Waals surface area contributed by atoms with E-state index in [1.807, 2.05) is 0 Å². The molecule has 4 saturated carbocycles. The molecule has 4 fully saturated rings. The maximum Gasteiger partial charge on any atom is 0.133 e. The summed E-state index contributed by atoms with van der Waals surface area (Å²) in [6.07, 6.45) is 8.73. The molecule has 0 bridgehead atoms. The monoisotopic (exact) mass is 434 g/mol. The van der Waals surface area contributed by atoms with E-state index in [1.54, 1.807) is 13.8 Å². The van der Waals surface area contributed by atoms with E-state index >= 15 is 0 Å². The second-order valence-corrected chi connectivity index (χ2v) is 13.0. The van der Waals surface area contributed by atoms with E-state index in [0.29, 0.717) is 54.1 Å². The lowest BCUT2D eigenvalue weighted by molar-refractivity contribution is -0.169. The standard InChI is InChI=1S/C27H46O4/c1-16(6-9-23(30)25(2,3)31)19-7-8-20-24-21(11-13-27(19,20)5)26(4)12-10-18(28)14-17(26)15-22(24)29/h16-17,19-24,29-31H,6-15H2,1-5H3/t16-,17?,19-,20+,21+,22?,23?,24+,26+,27-/m1/s1. The van der Waals surface area contributed by atoms with Gasteiger partial charge in [-0.25, -0.2) is 0 Å². The SMILES string of the molecule is C[C@H](CCC(O)C(C)(C)O)[C@H]1CC[C@H]2[C@@H]3C(O)CC4CC(=O)CC[C@]4(C)[C@H]3CC[C@]12C. The smallest absolute Gasteiger partial charge is 0.133 e. The summed E-state index contributed by atoms with van der Waals surface area (Å²) in [5.74, 6) is 3.41. The normalized spacial score (nSPS) is 47.3. The Kier molecular flexibility index (Phi) is 6.19. The second-order valence-electron chi connectivity index (χ2n) is 13.0. The van der Waals surface area contributed by atoms with Crippen LogP contribution in [0.15, 0.2) is 0 Å². The molecule has 4 heteroatoms. The molecular formula is C27H46O4. The quantitative estimate of drug-likeness (QED) is 0.584. The van der Waals surface area contributed by atoms with Crippen molar-refractivity contribution in [2.45, 2.75) is 117 Å². The van der Waals surface area contributed by atoms with E-state index < -0.39 is 11.7 Å². The Hall–Kier alpha value is -0.450. The number of rotatable bonds is 5. The van der Waals surface area contributed by atoms with Crippen LogP contribution in [-0.2, 0) is 4.79 Å². The van der Waals surface area contributed by atoms with Gasteiger partial charge in [-0.05, 0) is 112 Å². The van der Waals surface area contributed by atoms with Crippen LogP contribution >= 0.6 is 0 Å². The summed E-state index contributed by atoms with van der Waals surface area (Å²) in [5.41, 5.74) is -0.561. The molecule has 0 saturated heterocycles. The minimum atomic E-state index is -1.04. The van der Waals surface area contributed by atoms with Gasteiger partial charge in [-0.3, -0.25) is 4.79 Å². The molecule has 3 N–H and O–H groups in total. The minimum absolute atomic E-state index is 0.222. The number of carbonyl (C=O) groups is 1. The third-order valence-corrected chi connectivity index (χ3v) is 11.0. The van der Waals surface area contributed by atoms with Crippen molar-refractivity contribution in [1.82, 2.24) is 0 Å². The van der Waals surface area contributed by atoms with Gasteiger partial charge in [0.15, 0.2) is 0 Å². The van der Waals surface area contributed by atoms with Crippen molar-refractivity contribution in [3.8, 4) is 0 Å². The summed E-state index contributed by atoms with van der Waals surface area (Å²) < 4.78 is 0. The van der Waals surface area contributed by atoms with Gasteiger partial charge in [0.25, 0.3) is 0 Å². The largest absolute Gasteiger partial charge is 0.393 e. The molecule has 10 atom stereocenters. The number of hydrogen-bond donors (Lipinski definition) is 3. The fourth-order valence-electron chi connectivity index (χ4n) is 8.96. The minimum Gasteiger partial charge on any atom is -0.393 e. The predicted molar refractivity (Wildman–Crippen MR) is 122 cm³/mol. The van der Waals surface area contributed by atoms with Gasteiger partial charge < -0.3 is 15.3 Å². The number of fused-ring (bicyclic) bond motifs is 5. The molecule has 4 rings (SSSR count). The van der Waals surface area contributed by atoms with E-state index in [-0.39, 0.29) is 16.9 Å². The highest BCUT2D eigenvalue weighted by Crippen LogP contribution is 2.68. The van der Waals surface area contributed by atoms with E-state index in [2.05, 4.69) is 20.8 Å². The van der Waals surface area contributed by atoms with Crippen LogP contribution < -0.4 is 0 Å². The van der Waals surface area contributed by atoms with E-state index in [1.165, 1.54) is 25.7 Å². The summed E-state index contributed by atoms with van der Waals surface area (Å²) in [4.78, 5) is 12.1. The molecule has 0 aliphatic heterocycles. The molecular weight excluding hydrogens is 388 g/mol. The van der Waals surface area contributed by atoms with Crippen LogP contribution in [0.3, 0.4) is 0 Å². The molecule has 3 unspecified atom stereocenters. The first-order valence-electron chi connectivity index (χ1n) is 13.0. The van der Waals surface area contributed by atoms with Crippen LogP contribution in [0.4, 0.5) is 0 Å². The first-order valence-corrected chi connectivity index (χ1v) is 13.0. The number of ketones is 1. The number of carbonyl (C=O) groups excluding carboxylic acids is 1. The Bertz CT molecular complexity index is 683. The number of aliphatic hydroxyl groups is 3. The van der Waals surface area contributed by atoms with E-state index in [9.17, 15) is 20.1 Å². The van der Waals surface area contributed by atoms with Gasteiger partial charge in [0.2, 0.25) is 0 Å². The first kappa shape index (κ1) is 23.7. The molecule has 0 aromatic heterocycles. The topological polar surface area (TPSA) is 77.8 Å². The fourth-order valence-corrected chi connectivity index (χ4v) is 8.96. The number of hydrogen-bond acceptors (Lipinski definition) is 4. The van der Waals surface area contributed by atoms with Crippen LogP contribution in [0.2, 0.25) is 0 Å². The highest BCUT2D eigenvalue weighted by molar-refractivity contribution is 5.79. The van der Waals surface area contributed by atoms with Gasteiger partial charge in [-0.15, -0.1) is 0 Å². The highest BCUT2D eigenvalue weighted by atomic mass is 16.3. The molecule has 0 aromatic rings. The Balaban J connectivity index is 1.50. The van der Waals surface area contributed by atoms with Gasteiger partial charge in [0.05, 0.1) is 17.8 Å². The summed E-state index contributed by atoms with van der Waals surface area (Å²) in [7, 11) is 0.